The van der Waals surface area contributed by atoms with Crippen molar-refractivity contribution in [2.45, 2.75) is 12.3 Å². The van der Waals surface area contributed by atoms with E-state index in [2.05, 4.69) is 25.3 Å². The first-order valence-corrected chi connectivity index (χ1v) is 7.40. The van der Waals surface area contributed by atoms with Crippen LogP contribution in [0.4, 0.5) is 11.9 Å². The average Bonchev–Trinajstić information content (AvgIpc) is 3.06. The molecule has 0 bridgehead atoms. The van der Waals surface area contributed by atoms with E-state index in [1.807, 2.05) is 11.0 Å². The fourth-order valence-corrected chi connectivity index (χ4v) is 2.57. The summed E-state index contributed by atoms with van der Waals surface area (Å²) in [5.41, 5.74) is 0.908. The standard InChI is InChI=1S/C15H18N6O2/c1-23-10-13(22)21-8-4-11(9-21)12-3-7-18-15(19-12)20-14-16-5-2-6-17-14/h2-3,5-7,11H,4,8-10H2,1H3,(H,16,17,18,19,20). The number of aromatic nitrogens is 4. The molecule has 1 atom stereocenters. The summed E-state index contributed by atoms with van der Waals surface area (Å²) in [6.07, 6.45) is 5.88. The van der Waals surface area contributed by atoms with Gasteiger partial charge < -0.3 is 9.64 Å². The number of carbonyl (C=O) groups is 1. The number of rotatable bonds is 5. The van der Waals surface area contributed by atoms with Gasteiger partial charge in [-0.3, -0.25) is 10.1 Å². The number of likely N-dealkylation sites (tertiary alicyclic amines) is 1. The molecule has 1 unspecified atom stereocenters. The number of carbonyl (C=O) groups excluding carboxylic acids is 1. The molecule has 120 valence electrons. The van der Waals surface area contributed by atoms with Crippen LogP contribution in [-0.4, -0.2) is 57.5 Å². The normalized spacial score (nSPS) is 17.3. The summed E-state index contributed by atoms with van der Waals surface area (Å²) in [5, 5.41) is 2.98. The van der Waals surface area contributed by atoms with Gasteiger partial charge in [0.05, 0.1) is 5.69 Å². The molecule has 8 nitrogen and oxygen atoms in total. The van der Waals surface area contributed by atoms with Crippen molar-refractivity contribution >= 4 is 17.8 Å². The summed E-state index contributed by atoms with van der Waals surface area (Å²) in [6, 6.07) is 3.62. The van der Waals surface area contributed by atoms with Gasteiger partial charge in [0.25, 0.3) is 0 Å². The lowest BCUT2D eigenvalue weighted by atomic mass is 10.1. The Morgan fingerprint density at radius 3 is 2.87 bits per heavy atom. The molecule has 1 aliphatic rings. The SMILES string of the molecule is COCC(=O)N1CCC(c2ccnc(Nc3ncccn3)n2)C1. The van der Waals surface area contributed by atoms with Crippen LogP contribution in [0.5, 0.6) is 0 Å². The third kappa shape index (κ3) is 3.78. The van der Waals surface area contributed by atoms with Gasteiger partial charge in [0.15, 0.2) is 0 Å². The number of amides is 1. The van der Waals surface area contributed by atoms with Gasteiger partial charge in [-0.2, -0.15) is 0 Å². The first-order chi connectivity index (χ1) is 11.3. The molecule has 2 aromatic rings. The summed E-state index contributed by atoms with van der Waals surface area (Å²) < 4.78 is 4.90. The Labute approximate surface area is 134 Å². The molecule has 23 heavy (non-hydrogen) atoms. The van der Waals surface area contributed by atoms with Crippen LogP contribution in [0.1, 0.15) is 18.0 Å². The van der Waals surface area contributed by atoms with E-state index in [0.717, 1.165) is 18.7 Å². The Balaban J connectivity index is 1.67. The molecule has 1 amide bonds. The van der Waals surface area contributed by atoms with E-state index in [1.165, 1.54) is 7.11 Å². The zero-order valence-corrected chi connectivity index (χ0v) is 12.8. The Kier molecular flexibility index (Phi) is 4.72. The minimum atomic E-state index is 0.0140. The first-order valence-electron chi connectivity index (χ1n) is 7.40. The maximum absolute atomic E-state index is 11.9. The van der Waals surface area contributed by atoms with Crippen LogP contribution < -0.4 is 5.32 Å². The van der Waals surface area contributed by atoms with Crippen LogP contribution in [-0.2, 0) is 9.53 Å². The summed E-state index contributed by atoms with van der Waals surface area (Å²) >= 11 is 0. The van der Waals surface area contributed by atoms with Gasteiger partial charge in [-0.25, -0.2) is 19.9 Å². The highest BCUT2D eigenvalue weighted by Crippen LogP contribution is 2.26. The summed E-state index contributed by atoms with van der Waals surface area (Å²) in [7, 11) is 1.53. The van der Waals surface area contributed by atoms with Crippen LogP contribution in [0.15, 0.2) is 30.7 Å². The Morgan fingerprint density at radius 2 is 2.09 bits per heavy atom. The fourth-order valence-electron chi connectivity index (χ4n) is 2.57. The van der Waals surface area contributed by atoms with Crippen LogP contribution in [0.25, 0.3) is 0 Å². The topological polar surface area (TPSA) is 93.1 Å². The molecule has 1 aliphatic heterocycles. The second-order valence-corrected chi connectivity index (χ2v) is 5.26. The van der Waals surface area contributed by atoms with E-state index in [0.29, 0.717) is 18.4 Å². The van der Waals surface area contributed by atoms with E-state index in [9.17, 15) is 4.79 Å². The molecule has 0 radical (unpaired) electrons. The van der Waals surface area contributed by atoms with Crippen molar-refractivity contribution in [3.8, 4) is 0 Å². The number of hydrogen-bond donors (Lipinski definition) is 1. The molecular formula is C15H18N6O2. The summed E-state index contributed by atoms with van der Waals surface area (Å²) in [6.45, 7) is 1.50. The van der Waals surface area contributed by atoms with Crippen LogP contribution in [0.3, 0.4) is 0 Å². The molecule has 2 aromatic heterocycles. The monoisotopic (exact) mass is 314 g/mol. The molecule has 0 aromatic carbocycles. The quantitative estimate of drug-likeness (QED) is 0.879. The van der Waals surface area contributed by atoms with Gasteiger partial charge >= 0.3 is 0 Å². The molecule has 8 heteroatoms. The van der Waals surface area contributed by atoms with Crippen LogP contribution in [0.2, 0.25) is 0 Å². The van der Waals surface area contributed by atoms with Crippen LogP contribution in [0, 0.1) is 0 Å². The highest BCUT2D eigenvalue weighted by Gasteiger charge is 2.28. The van der Waals surface area contributed by atoms with Gasteiger partial charge in [-0.05, 0) is 18.6 Å². The van der Waals surface area contributed by atoms with Gasteiger partial charge in [0.1, 0.15) is 6.61 Å². The second-order valence-electron chi connectivity index (χ2n) is 5.26. The van der Waals surface area contributed by atoms with E-state index in [4.69, 9.17) is 4.74 Å². The number of nitrogens with zero attached hydrogens (tertiary/aromatic N) is 5. The van der Waals surface area contributed by atoms with Crippen molar-refractivity contribution in [2.75, 3.05) is 32.1 Å². The average molecular weight is 314 g/mol. The molecule has 0 aliphatic carbocycles. The second kappa shape index (κ2) is 7.10. The molecule has 1 N–H and O–H groups in total. The van der Waals surface area contributed by atoms with E-state index in [1.54, 1.807) is 24.7 Å². The number of methoxy groups -OCH3 is 1. The molecule has 0 spiro atoms. The maximum atomic E-state index is 11.9. The molecule has 3 heterocycles. The summed E-state index contributed by atoms with van der Waals surface area (Å²) in [5.74, 6) is 1.12. The Morgan fingerprint density at radius 1 is 1.30 bits per heavy atom. The van der Waals surface area contributed by atoms with Crippen molar-refractivity contribution in [3.63, 3.8) is 0 Å². The van der Waals surface area contributed by atoms with E-state index < -0.39 is 0 Å². The number of anilines is 2. The van der Waals surface area contributed by atoms with E-state index >= 15 is 0 Å². The third-order valence-electron chi connectivity index (χ3n) is 3.69. The predicted molar refractivity (Wildman–Crippen MR) is 83.2 cm³/mol. The van der Waals surface area contributed by atoms with E-state index in [-0.39, 0.29) is 18.4 Å². The van der Waals surface area contributed by atoms with Gasteiger partial charge in [0.2, 0.25) is 17.8 Å². The number of hydrogen-bond acceptors (Lipinski definition) is 7. The van der Waals surface area contributed by atoms with Crippen molar-refractivity contribution in [1.82, 2.24) is 24.8 Å². The molecular weight excluding hydrogens is 296 g/mol. The summed E-state index contributed by atoms with van der Waals surface area (Å²) in [4.78, 5) is 30.6. The van der Waals surface area contributed by atoms with Gasteiger partial charge in [-0.15, -0.1) is 0 Å². The Bertz CT molecular complexity index is 666. The maximum Gasteiger partial charge on any atom is 0.248 e. The number of nitrogens with one attached hydrogen (secondary N) is 1. The molecule has 1 saturated heterocycles. The smallest absolute Gasteiger partial charge is 0.248 e. The molecule has 3 rings (SSSR count). The highest BCUT2D eigenvalue weighted by atomic mass is 16.5. The highest BCUT2D eigenvalue weighted by molar-refractivity contribution is 5.77. The third-order valence-corrected chi connectivity index (χ3v) is 3.69. The lowest BCUT2D eigenvalue weighted by Crippen LogP contribution is -2.31. The minimum Gasteiger partial charge on any atom is -0.375 e. The Hall–Kier alpha value is -2.61. The van der Waals surface area contributed by atoms with Gasteiger partial charge in [0, 0.05) is 44.7 Å². The first kappa shape index (κ1) is 15.3. The predicted octanol–water partition coefficient (Wildman–Crippen LogP) is 0.973. The minimum absolute atomic E-state index is 0.0140. The van der Waals surface area contributed by atoms with Crippen molar-refractivity contribution in [1.29, 1.82) is 0 Å². The van der Waals surface area contributed by atoms with Crippen LogP contribution >= 0.6 is 0 Å². The van der Waals surface area contributed by atoms with Crippen molar-refractivity contribution < 1.29 is 9.53 Å². The fraction of sp³-hybridized carbons (Fsp3) is 0.400. The lowest BCUT2D eigenvalue weighted by Gasteiger charge is -2.16. The number of ether oxygens (including phenoxy) is 1. The zero-order chi connectivity index (χ0) is 16.1. The van der Waals surface area contributed by atoms with Crippen molar-refractivity contribution in [2.24, 2.45) is 0 Å². The molecule has 0 saturated carbocycles. The molecule has 1 fully saturated rings. The largest absolute Gasteiger partial charge is 0.375 e. The lowest BCUT2D eigenvalue weighted by molar-refractivity contribution is -0.134. The van der Waals surface area contributed by atoms with Crippen molar-refractivity contribution in [3.05, 3.63) is 36.4 Å². The zero-order valence-electron chi connectivity index (χ0n) is 12.8. The van der Waals surface area contributed by atoms with Gasteiger partial charge in [-0.1, -0.05) is 0 Å².